The second-order valence-corrected chi connectivity index (χ2v) is 9.05. The lowest BCUT2D eigenvalue weighted by Crippen LogP contribution is -2.20. The maximum Gasteiger partial charge on any atom is 0.276 e. The van der Waals surface area contributed by atoms with Crippen molar-refractivity contribution in [3.8, 4) is 0 Å². The third kappa shape index (κ3) is 5.37. The van der Waals surface area contributed by atoms with E-state index in [0.717, 1.165) is 5.56 Å². The van der Waals surface area contributed by atoms with Crippen molar-refractivity contribution in [2.45, 2.75) is 31.6 Å². The second kappa shape index (κ2) is 9.13. The third-order valence-corrected chi connectivity index (χ3v) is 6.01. The molecule has 1 heterocycles. The number of rotatable bonds is 7. The van der Waals surface area contributed by atoms with Gasteiger partial charge in [-0.3, -0.25) is 9.48 Å². The van der Waals surface area contributed by atoms with Gasteiger partial charge in [-0.05, 0) is 54.3 Å². The van der Waals surface area contributed by atoms with Gasteiger partial charge in [0, 0.05) is 18.9 Å². The van der Waals surface area contributed by atoms with Crippen LogP contribution in [-0.4, -0.2) is 29.8 Å². The van der Waals surface area contributed by atoms with Crippen LogP contribution in [0.25, 0.3) is 0 Å². The van der Waals surface area contributed by atoms with Gasteiger partial charge in [0.1, 0.15) is 5.69 Å². The zero-order chi connectivity index (χ0) is 22.6. The van der Waals surface area contributed by atoms with E-state index in [1.54, 1.807) is 74.8 Å². The molecule has 0 unspecified atom stereocenters. The molecule has 0 fully saturated rings. The lowest BCUT2D eigenvalue weighted by atomic mass is 10.0. The van der Waals surface area contributed by atoms with Crippen molar-refractivity contribution >= 4 is 27.3 Å². The van der Waals surface area contributed by atoms with Crippen LogP contribution in [0.5, 0.6) is 0 Å². The Hall–Kier alpha value is -3.46. The highest BCUT2D eigenvalue weighted by Crippen LogP contribution is 2.18. The number of hydrogen-bond acceptors (Lipinski definition) is 5. The molecule has 0 bridgehead atoms. The highest BCUT2D eigenvalue weighted by Gasteiger charge is 2.14. The SMILES string of the molecule is CC(=NNS(=O)(=O)c1ccc(C(C)C)cc1)c1cccc(NC(=O)c2ccnn2C)c1. The van der Waals surface area contributed by atoms with Crippen LogP contribution in [0, 0.1) is 0 Å². The maximum absolute atomic E-state index is 12.5. The van der Waals surface area contributed by atoms with Gasteiger partial charge < -0.3 is 5.32 Å². The second-order valence-electron chi connectivity index (χ2n) is 7.39. The van der Waals surface area contributed by atoms with Crippen molar-refractivity contribution < 1.29 is 13.2 Å². The first-order chi connectivity index (χ1) is 14.7. The molecule has 0 spiro atoms. The summed E-state index contributed by atoms with van der Waals surface area (Å²) in [7, 11) is -2.10. The first kappa shape index (κ1) is 22.2. The van der Waals surface area contributed by atoms with E-state index >= 15 is 0 Å². The number of hydrogen-bond donors (Lipinski definition) is 2. The highest BCUT2D eigenvalue weighted by atomic mass is 32.2. The van der Waals surface area contributed by atoms with E-state index in [0.29, 0.717) is 28.6 Å². The molecule has 31 heavy (non-hydrogen) atoms. The highest BCUT2D eigenvalue weighted by molar-refractivity contribution is 7.89. The van der Waals surface area contributed by atoms with E-state index in [1.807, 2.05) is 13.8 Å². The first-order valence-electron chi connectivity index (χ1n) is 9.73. The Bertz CT molecular complexity index is 1210. The fourth-order valence-electron chi connectivity index (χ4n) is 2.89. The van der Waals surface area contributed by atoms with Crippen LogP contribution in [0.2, 0.25) is 0 Å². The van der Waals surface area contributed by atoms with Crippen LogP contribution >= 0.6 is 0 Å². The van der Waals surface area contributed by atoms with Crippen molar-refractivity contribution in [2.75, 3.05) is 5.32 Å². The molecule has 162 valence electrons. The first-order valence-corrected chi connectivity index (χ1v) is 11.2. The lowest BCUT2D eigenvalue weighted by Gasteiger charge is -2.09. The van der Waals surface area contributed by atoms with Gasteiger partial charge in [-0.15, -0.1) is 0 Å². The molecule has 1 amide bonds. The maximum atomic E-state index is 12.5. The van der Waals surface area contributed by atoms with E-state index in [9.17, 15) is 13.2 Å². The van der Waals surface area contributed by atoms with Crippen LogP contribution < -0.4 is 10.1 Å². The predicted octanol–water partition coefficient (Wildman–Crippen LogP) is 3.50. The fourth-order valence-corrected chi connectivity index (χ4v) is 3.75. The summed E-state index contributed by atoms with van der Waals surface area (Å²) in [5, 5.41) is 10.8. The van der Waals surface area contributed by atoms with Gasteiger partial charge in [0.25, 0.3) is 15.9 Å². The molecule has 0 radical (unpaired) electrons. The molecule has 0 aliphatic heterocycles. The van der Waals surface area contributed by atoms with E-state index in [2.05, 4.69) is 20.3 Å². The monoisotopic (exact) mass is 439 g/mol. The Balaban J connectivity index is 1.73. The molecule has 0 atom stereocenters. The normalized spacial score (nSPS) is 12.1. The van der Waals surface area contributed by atoms with E-state index < -0.39 is 10.0 Å². The van der Waals surface area contributed by atoms with Gasteiger partial charge >= 0.3 is 0 Å². The standard InChI is InChI=1S/C22H25N5O3S/c1-15(2)17-8-10-20(11-9-17)31(29,30)26-25-16(3)18-6-5-7-19(14-18)24-22(28)21-12-13-23-27(21)4/h5-15,26H,1-4H3,(H,24,28). The summed E-state index contributed by atoms with van der Waals surface area (Å²) in [6.07, 6.45) is 1.55. The summed E-state index contributed by atoms with van der Waals surface area (Å²) < 4.78 is 26.6. The number of carbonyl (C=O) groups excluding carboxylic acids is 1. The van der Waals surface area contributed by atoms with Gasteiger partial charge in [-0.2, -0.15) is 23.4 Å². The predicted molar refractivity (Wildman–Crippen MR) is 121 cm³/mol. The third-order valence-electron chi connectivity index (χ3n) is 4.78. The number of aryl methyl sites for hydroxylation is 1. The Labute approximate surface area is 182 Å². The number of anilines is 1. The van der Waals surface area contributed by atoms with Gasteiger partial charge in [0.15, 0.2) is 0 Å². The molecule has 2 aromatic carbocycles. The lowest BCUT2D eigenvalue weighted by molar-refractivity contribution is 0.101. The zero-order valence-electron chi connectivity index (χ0n) is 17.8. The summed E-state index contributed by atoms with van der Waals surface area (Å²) in [4.78, 5) is 14.8. The molecule has 0 saturated heterocycles. The average Bonchev–Trinajstić information content (AvgIpc) is 3.18. The minimum atomic E-state index is -3.79. The molecule has 2 N–H and O–H groups in total. The summed E-state index contributed by atoms with van der Waals surface area (Å²) in [5.41, 5.74) is 3.17. The number of nitrogens with one attached hydrogen (secondary N) is 2. The molecule has 9 heteroatoms. The molecule has 3 aromatic rings. The zero-order valence-corrected chi connectivity index (χ0v) is 18.6. The molecule has 1 aromatic heterocycles. The van der Waals surface area contributed by atoms with E-state index in [4.69, 9.17) is 0 Å². The summed E-state index contributed by atoms with van der Waals surface area (Å²) >= 11 is 0. The van der Waals surface area contributed by atoms with Gasteiger partial charge in [0.05, 0.1) is 10.6 Å². The Morgan fingerprint density at radius 1 is 1.10 bits per heavy atom. The Kier molecular flexibility index (Phi) is 6.55. The number of nitrogens with zero attached hydrogens (tertiary/aromatic N) is 3. The minimum Gasteiger partial charge on any atom is -0.321 e. The van der Waals surface area contributed by atoms with Gasteiger partial charge in [-0.1, -0.05) is 38.1 Å². The number of amides is 1. The molecular weight excluding hydrogens is 414 g/mol. The van der Waals surface area contributed by atoms with Crippen LogP contribution in [0.4, 0.5) is 5.69 Å². The van der Waals surface area contributed by atoms with E-state index in [-0.39, 0.29) is 10.8 Å². The average molecular weight is 440 g/mol. The fraction of sp³-hybridized carbons (Fsp3) is 0.227. The van der Waals surface area contributed by atoms with Crippen LogP contribution in [-0.2, 0) is 17.1 Å². The van der Waals surface area contributed by atoms with Crippen molar-refractivity contribution in [3.05, 3.63) is 77.6 Å². The largest absolute Gasteiger partial charge is 0.321 e. The number of benzene rings is 2. The number of carbonyl (C=O) groups is 1. The molecule has 0 aliphatic carbocycles. The minimum absolute atomic E-state index is 0.144. The van der Waals surface area contributed by atoms with Gasteiger partial charge in [-0.25, -0.2) is 0 Å². The summed E-state index contributed by atoms with van der Waals surface area (Å²) in [5.74, 6) is 0.0212. The Morgan fingerprint density at radius 2 is 1.81 bits per heavy atom. The van der Waals surface area contributed by atoms with Crippen LogP contribution in [0.1, 0.15) is 48.3 Å². The summed E-state index contributed by atoms with van der Waals surface area (Å²) in [6.45, 7) is 5.78. The molecule has 3 rings (SSSR count). The van der Waals surface area contributed by atoms with Crippen LogP contribution in [0.15, 0.2) is 70.8 Å². The number of aromatic nitrogens is 2. The number of sulfonamides is 1. The van der Waals surface area contributed by atoms with E-state index in [1.165, 1.54) is 4.68 Å². The quantitative estimate of drug-likeness (QED) is 0.434. The smallest absolute Gasteiger partial charge is 0.276 e. The molecular formula is C22H25N5O3S. The van der Waals surface area contributed by atoms with Crippen molar-refractivity contribution in [3.63, 3.8) is 0 Å². The molecule has 0 aliphatic rings. The van der Waals surface area contributed by atoms with Crippen molar-refractivity contribution in [1.29, 1.82) is 0 Å². The Morgan fingerprint density at radius 3 is 2.42 bits per heavy atom. The molecule has 0 saturated carbocycles. The van der Waals surface area contributed by atoms with Crippen molar-refractivity contribution in [2.24, 2.45) is 12.1 Å². The van der Waals surface area contributed by atoms with Crippen LogP contribution in [0.3, 0.4) is 0 Å². The summed E-state index contributed by atoms with van der Waals surface area (Å²) in [6, 6.07) is 15.3. The molecule has 8 nitrogen and oxygen atoms in total. The van der Waals surface area contributed by atoms with Gasteiger partial charge in [0.2, 0.25) is 0 Å². The number of hydrazone groups is 1. The topological polar surface area (TPSA) is 105 Å². The van der Waals surface area contributed by atoms with Crippen molar-refractivity contribution in [1.82, 2.24) is 14.6 Å².